The van der Waals surface area contributed by atoms with E-state index in [0.29, 0.717) is 19.4 Å². The summed E-state index contributed by atoms with van der Waals surface area (Å²) in [6.45, 7) is 12.9. The Morgan fingerprint density at radius 2 is 0.967 bits per heavy atom. The Balaban J connectivity index is 1.62. The van der Waals surface area contributed by atoms with Crippen molar-refractivity contribution in [2.45, 2.75) is 215 Å². The number of hydrogen-bond acceptors (Lipinski definition) is 10. The number of aryl methyl sites for hydroxylation is 4. The predicted octanol–water partition coefficient (Wildman–Crippen LogP) is 12.7. The molecule has 0 fully saturated rings. The maximum Gasteiger partial charge on any atom is 0.472 e. The highest BCUT2D eigenvalue weighted by molar-refractivity contribution is 7.47. The van der Waals surface area contributed by atoms with E-state index < -0.39 is 26.5 Å². The number of esters is 2. The van der Waals surface area contributed by atoms with E-state index in [0.717, 1.165) is 107 Å². The van der Waals surface area contributed by atoms with Crippen molar-refractivity contribution >= 4 is 19.8 Å². The fraction of sp³-hybridized carbons (Fsp3) is 0.796. The normalized spacial score (nSPS) is 13.2. The maximum atomic E-state index is 12.8. The van der Waals surface area contributed by atoms with Crippen LogP contribution < -0.4 is 0 Å². The van der Waals surface area contributed by atoms with Crippen molar-refractivity contribution in [2.24, 2.45) is 0 Å². The Labute approximate surface area is 370 Å². The molecule has 0 saturated heterocycles. The zero-order valence-electron chi connectivity index (χ0n) is 39.8. The van der Waals surface area contributed by atoms with Crippen LogP contribution in [0.3, 0.4) is 0 Å². The number of rotatable bonds is 38. The first-order valence-electron chi connectivity index (χ1n) is 24.0. The molecule has 0 spiro atoms. The van der Waals surface area contributed by atoms with E-state index in [4.69, 9.17) is 27.4 Å². The molecule has 0 amide bonds. The zero-order valence-corrected chi connectivity index (χ0v) is 40.7. The molecule has 12 heteroatoms. The van der Waals surface area contributed by atoms with Crippen LogP contribution in [-0.2, 0) is 58.4 Å². The number of unbranched alkanes of at least 4 members (excludes halogenated alkanes) is 16. The Hall–Kier alpha value is -2.43. The first-order chi connectivity index (χ1) is 29.3. The lowest BCUT2D eigenvalue weighted by Gasteiger charge is -2.20. The Bertz CT molecular complexity index is 1530. The van der Waals surface area contributed by atoms with Crippen molar-refractivity contribution in [1.82, 2.24) is 4.90 Å². The van der Waals surface area contributed by atoms with Gasteiger partial charge in [0.15, 0.2) is 6.10 Å². The van der Waals surface area contributed by atoms with Gasteiger partial charge in [0.05, 0.1) is 13.2 Å². The van der Waals surface area contributed by atoms with Crippen LogP contribution in [0.15, 0.2) is 8.83 Å². The molecule has 2 atom stereocenters. The molecule has 2 aromatic rings. The molecule has 0 radical (unpaired) electrons. The highest BCUT2D eigenvalue weighted by Crippen LogP contribution is 2.43. The van der Waals surface area contributed by atoms with E-state index in [2.05, 4.69) is 41.5 Å². The summed E-state index contributed by atoms with van der Waals surface area (Å²) in [6.07, 6.45) is 25.2. The van der Waals surface area contributed by atoms with Crippen molar-refractivity contribution in [1.29, 1.82) is 0 Å². The third-order valence-corrected chi connectivity index (χ3v) is 12.8. The standard InChI is InChI=1S/C49H86NO10P/c1-9-11-24-30-45-41(5)42(6)47(60-45)32-26-21-16-12-14-18-22-27-33-48(51)55-37-43(38-57-61(53,54)56-36-35-50(7)8)58-49(52)34-28-23-19-15-13-17-20-25-31-46-40(4)39(3)44(59-46)29-10-2/h43H,9-38H2,1-8H3,(H,53,54)/t43-/m1/s1. The van der Waals surface area contributed by atoms with Crippen molar-refractivity contribution in [3.63, 3.8) is 0 Å². The summed E-state index contributed by atoms with van der Waals surface area (Å²) in [5, 5.41) is 0. The molecule has 0 saturated carbocycles. The van der Waals surface area contributed by atoms with Crippen LogP contribution in [0.25, 0.3) is 0 Å². The molecule has 352 valence electrons. The first kappa shape index (κ1) is 54.7. The van der Waals surface area contributed by atoms with Crippen LogP contribution in [0.5, 0.6) is 0 Å². The fourth-order valence-electron chi connectivity index (χ4n) is 7.56. The van der Waals surface area contributed by atoms with Crippen molar-refractivity contribution in [2.75, 3.05) is 40.5 Å². The Morgan fingerprint density at radius 1 is 0.557 bits per heavy atom. The third-order valence-electron chi connectivity index (χ3n) is 11.8. The molecule has 0 bridgehead atoms. The second kappa shape index (κ2) is 32.3. The lowest BCUT2D eigenvalue weighted by molar-refractivity contribution is -0.161. The van der Waals surface area contributed by atoms with Gasteiger partial charge in [0.2, 0.25) is 0 Å². The Morgan fingerprint density at radius 3 is 1.41 bits per heavy atom. The predicted molar refractivity (Wildman–Crippen MR) is 245 cm³/mol. The van der Waals surface area contributed by atoms with E-state index in [-0.39, 0.29) is 32.0 Å². The summed E-state index contributed by atoms with van der Waals surface area (Å²) < 4.78 is 46.0. The van der Waals surface area contributed by atoms with Gasteiger partial charge >= 0.3 is 19.8 Å². The van der Waals surface area contributed by atoms with E-state index in [9.17, 15) is 19.0 Å². The van der Waals surface area contributed by atoms with E-state index in [1.807, 2.05) is 19.0 Å². The van der Waals surface area contributed by atoms with Crippen LogP contribution >= 0.6 is 7.82 Å². The van der Waals surface area contributed by atoms with Crippen LogP contribution in [0.2, 0.25) is 0 Å². The third kappa shape index (κ3) is 24.3. The summed E-state index contributed by atoms with van der Waals surface area (Å²) in [5.74, 6) is 3.79. The largest absolute Gasteiger partial charge is 0.472 e. The number of likely N-dealkylation sites (N-methyl/N-ethyl adjacent to an activating group) is 1. The number of carbonyl (C=O) groups is 2. The molecule has 2 aromatic heterocycles. The number of phosphoric acid groups is 1. The van der Waals surface area contributed by atoms with Crippen LogP contribution in [0, 0.1) is 27.7 Å². The molecule has 11 nitrogen and oxygen atoms in total. The summed E-state index contributed by atoms with van der Waals surface area (Å²) >= 11 is 0. The second-order valence-electron chi connectivity index (χ2n) is 17.5. The maximum absolute atomic E-state index is 12.8. The van der Waals surface area contributed by atoms with E-state index >= 15 is 0 Å². The lowest BCUT2D eigenvalue weighted by atomic mass is 10.0. The average Bonchev–Trinajstić information content (AvgIpc) is 3.64. The number of hydrogen-bond donors (Lipinski definition) is 1. The molecular formula is C49H86NO10P. The minimum Gasteiger partial charge on any atom is -0.466 e. The molecule has 2 heterocycles. The first-order valence-corrected chi connectivity index (χ1v) is 25.5. The summed E-state index contributed by atoms with van der Waals surface area (Å²) in [5.41, 5.74) is 5.28. The molecule has 0 aliphatic heterocycles. The summed E-state index contributed by atoms with van der Waals surface area (Å²) in [6, 6.07) is 0. The van der Waals surface area contributed by atoms with Crippen LogP contribution in [0.4, 0.5) is 0 Å². The molecule has 1 unspecified atom stereocenters. The fourth-order valence-corrected chi connectivity index (χ4v) is 8.30. The number of phosphoric ester groups is 1. The number of nitrogens with zero attached hydrogens (tertiary/aromatic N) is 1. The minimum atomic E-state index is -4.39. The van der Waals surface area contributed by atoms with Gasteiger partial charge in [-0.25, -0.2) is 4.57 Å². The molecular weight excluding hydrogens is 794 g/mol. The van der Waals surface area contributed by atoms with Crippen molar-refractivity contribution in [3.05, 3.63) is 45.3 Å². The van der Waals surface area contributed by atoms with Gasteiger partial charge < -0.3 is 28.1 Å². The van der Waals surface area contributed by atoms with Gasteiger partial charge in [0.1, 0.15) is 29.6 Å². The van der Waals surface area contributed by atoms with Crippen molar-refractivity contribution in [3.8, 4) is 0 Å². The van der Waals surface area contributed by atoms with Crippen molar-refractivity contribution < 1.29 is 46.4 Å². The smallest absolute Gasteiger partial charge is 0.466 e. The highest BCUT2D eigenvalue weighted by Gasteiger charge is 2.26. The van der Waals surface area contributed by atoms with Gasteiger partial charge in [0.25, 0.3) is 0 Å². The van der Waals surface area contributed by atoms with Crippen LogP contribution in [-0.4, -0.2) is 68.3 Å². The number of furan rings is 2. The summed E-state index contributed by atoms with van der Waals surface area (Å²) in [7, 11) is -0.744. The van der Waals surface area contributed by atoms with E-state index in [1.54, 1.807) is 0 Å². The zero-order chi connectivity index (χ0) is 44.9. The minimum absolute atomic E-state index is 0.00425. The molecule has 0 aliphatic rings. The average molecular weight is 880 g/mol. The topological polar surface area (TPSA) is 138 Å². The Kier molecular flexibility index (Phi) is 28.9. The molecule has 61 heavy (non-hydrogen) atoms. The van der Waals surface area contributed by atoms with Gasteiger partial charge in [-0.1, -0.05) is 104 Å². The van der Waals surface area contributed by atoms with E-state index in [1.165, 1.54) is 79.4 Å². The molecule has 1 N–H and O–H groups in total. The number of ether oxygens (including phenoxy) is 2. The van der Waals surface area contributed by atoms with Gasteiger partial charge in [-0.3, -0.25) is 18.6 Å². The lowest BCUT2D eigenvalue weighted by Crippen LogP contribution is -2.29. The number of carbonyl (C=O) groups excluding carboxylic acids is 2. The summed E-state index contributed by atoms with van der Waals surface area (Å²) in [4.78, 5) is 37.3. The highest BCUT2D eigenvalue weighted by atomic mass is 31.2. The quantitative estimate of drug-likeness (QED) is 0.0392. The van der Waals surface area contributed by atoms with Gasteiger partial charge in [-0.2, -0.15) is 0 Å². The van der Waals surface area contributed by atoms with Gasteiger partial charge in [0, 0.05) is 45.1 Å². The van der Waals surface area contributed by atoms with Gasteiger partial charge in [-0.05, 0) is 103 Å². The molecule has 0 aromatic carbocycles. The second-order valence-corrected chi connectivity index (χ2v) is 18.9. The molecule has 0 aliphatic carbocycles. The van der Waals surface area contributed by atoms with Gasteiger partial charge in [-0.15, -0.1) is 0 Å². The molecule has 2 rings (SSSR count). The SMILES string of the molecule is CCCCCc1oc(CCCCCCCCCCC(=O)OC[C@H](COP(=O)(O)OCCN(C)C)OC(=O)CCCCCCCCCCc2oc(CCC)c(C)c2C)c(C)c1C. The monoisotopic (exact) mass is 880 g/mol. The van der Waals surface area contributed by atoms with Crippen LogP contribution in [0.1, 0.15) is 200 Å².